The molecule has 0 aromatic heterocycles. The maximum absolute atomic E-state index is 12.5. The summed E-state index contributed by atoms with van der Waals surface area (Å²) in [7, 11) is -3.96. The summed E-state index contributed by atoms with van der Waals surface area (Å²) >= 11 is 3.09. The van der Waals surface area contributed by atoms with E-state index in [9.17, 15) is 18.0 Å². The van der Waals surface area contributed by atoms with Gasteiger partial charge in [-0.25, -0.2) is 13.2 Å². The van der Waals surface area contributed by atoms with Crippen molar-refractivity contribution in [3.05, 3.63) is 28.2 Å². The van der Waals surface area contributed by atoms with Gasteiger partial charge in [-0.05, 0) is 53.9 Å². The van der Waals surface area contributed by atoms with E-state index in [1.165, 1.54) is 19.1 Å². The summed E-state index contributed by atoms with van der Waals surface area (Å²) in [5, 5.41) is 10.3. The van der Waals surface area contributed by atoms with Crippen LogP contribution in [0.25, 0.3) is 0 Å². The van der Waals surface area contributed by atoms with Crippen molar-refractivity contribution in [1.29, 1.82) is 0 Å². The van der Waals surface area contributed by atoms with Crippen LogP contribution in [-0.4, -0.2) is 36.7 Å². The van der Waals surface area contributed by atoms with Crippen LogP contribution in [0.5, 0.6) is 0 Å². The van der Waals surface area contributed by atoms with Gasteiger partial charge in [0.25, 0.3) is 0 Å². The van der Waals surface area contributed by atoms with E-state index >= 15 is 0 Å². The smallest absolute Gasteiger partial charge is 0.335 e. The van der Waals surface area contributed by atoms with E-state index in [1.54, 1.807) is 0 Å². The number of halogens is 1. The van der Waals surface area contributed by atoms with Gasteiger partial charge in [-0.3, -0.25) is 4.79 Å². The Morgan fingerprint density at radius 1 is 1.38 bits per heavy atom. The third-order valence-electron chi connectivity index (χ3n) is 3.24. The molecule has 0 bridgehead atoms. The molecule has 1 fully saturated rings. The van der Waals surface area contributed by atoms with Gasteiger partial charge in [0.2, 0.25) is 5.91 Å². The predicted molar refractivity (Wildman–Crippen MR) is 78.9 cm³/mol. The zero-order valence-corrected chi connectivity index (χ0v) is 13.6. The molecule has 0 saturated heterocycles. The van der Waals surface area contributed by atoms with Crippen LogP contribution in [0, 0.1) is 0 Å². The van der Waals surface area contributed by atoms with Crippen molar-refractivity contribution in [1.82, 2.24) is 5.32 Å². The Balaban J connectivity index is 2.35. The van der Waals surface area contributed by atoms with E-state index in [4.69, 9.17) is 5.11 Å². The molecular formula is C13H14BrNO5S. The second kappa shape index (κ2) is 5.76. The van der Waals surface area contributed by atoms with E-state index in [0.717, 1.165) is 18.9 Å². The summed E-state index contributed by atoms with van der Waals surface area (Å²) in [6, 6.07) is 3.76. The molecule has 1 atom stereocenters. The van der Waals surface area contributed by atoms with Crippen molar-refractivity contribution in [3.63, 3.8) is 0 Å². The lowest BCUT2D eigenvalue weighted by molar-refractivity contribution is -0.120. The summed E-state index contributed by atoms with van der Waals surface area (Å²) in [4.78, 5) is 22.7. The normalized spacial score (nSPS) is 16.3. The summed E-state index contributed by atoms with van der Waals surface area (Å²) < 4.78 is 25.2. The van der Waals surface area contributed by atoms with E-state index in [1.807, 2.05) is 0 Å². The van der Waals surface area contributed by atoms with E-state index in [-0.39, 0.29) is 21.0 Å². The topological polar surface area (TPSA) is 101 Å². The SMILES string of the molecule is CC(C(=O)NC1CC1)S(=O)(=O)c1cc(C(=O)O)ccc1Br. The Labute approximate surface area is 130 Å². The monoisotopic (exact) mass is 375 g/mol. The number of hydrogen-bond acceptors (Lipinski definition) is 4. The Kier molecular flexibility index (Phi) is 4.38. The lowest BCUT2D eigenvalue weighted by atomic mass is 10.2. The van der Waals surface area contributed by atoms with Crippen molar-refractivity contribution < 1.29 is 23.1 Å². The summed E-state index contributed by atoms with van der Waals surface area (Å²) in [5.74, 6) is -1.79. The van der Waals surface area contributed by atoms with Gasteiger partial charge in [-0.1, -0.05) is 0 Å². The molecule has 1 aromatic rings. The van der Waals surface area contributed by atoms with Crippen LogP contribution in [0.2, 0.25) is 0 Å². The fraction of sp³-hybridized carbons (Fsp3) is 0.385. The summed E-state index contributed by atoms with van der Waals surface area (Å²) in [6.45, 7) is 1.30. The molecule has 1 saturated carbocycles. The number of benzene rings is 1. The number of aromatic carboxylic acids is 1. The second-order valence-corrected chi connectivity index (χ2v) is 8.01. The third kappa shape index (κ3) is 3.44. The Hall–Kier alpha value is -1.41. The fourth-order valence-corrected chi connectivity index (χ4v) is 4.02. The van der Waals surface area contributed by atoms with Crippen molar-refractivity contribution in [2.45, 2.75) is 36.0 Å². The standard InChI is InChI=1S/C13H14BrNO5S/c1-7(12(16)15-9-3-4-9)21(19,20)11-6-8(13(17)18)2-5-10(11)14/h2,5-7,9H,3-4H2,1H3,(H,15,16)(H,17,18). The Bertz CT molecular complexity index is 697. The number of rotatable bonds is 5. The zero-order valence-electron chi connectivity index (χ0n) is 11.2. The van der Waals surface area contributed by atoms with Crippen LogP contribution < -0.4 is 5.32 Å². The highest BCUT2D eigenvalue weighted by Crippen LogP contribution is 2.27. The molecule has 0 radical (unpaired) electrons. The molecule has 114 valence electrons. The van der Waals surface area contributed by atoms with Crippen LogP contribution in [0.3, 0.4) is 0 Å². The molecular weight excluding hydrogens is 362 g/mol. The van der Waals surface area contributed by atoms with E-state index < -0.39 is 27.0 Å². The second-order valence-electron chi connectivity index (χ2n) is 4.92. The number of carbonyl (C=O) groups excluding carboxylic acids is 1. The van der Waals surface area contributed by atoms with Gasteiger partial charge in [0.1, 0.15) is 5.25 Å². The summed E-state index contributed by atoms with van der Waals surface area (Å²) in [6.07, 6.45) is 1.72. The first-order valence-electron chi connectivity index (χ1n) is 6.30. The van der Waals surface area contributed by atoms with Gasteiger partial charge in [0, 0.05) is 10.5 Å². The molecule has 1 aliphatic rings. The van der Waals surface area contributed by atoms with Crippen LogP contribution in [0.15, 0.2) is 27.6 Å². The number of amides is 1. The molecule has 0 aliphatic heterocycles. The first-order chi connectivity index (χ1) is 9.73. The van der Waals surface area contributed by atoms with Crippen LogP contribution >= 0.6 is 15.9 Å². The first kappa shape index (κ1) is 16.0. The summed E-state index contributed by atoms with van der Waals surface area (Å²) in [5.41, 5.74) is -0.147. The van der Waals surface area contributed by atoms with Gasteiger partial charge < -0.3 is 10.4 Å². The maximum atomic E-state index is 12.5. The quantitative estimate of drug-likeness (QED) is 0.813. The highest BCUT2D eigenvalue weighted by Gasteiger charge is 2.34. The van der Waals surface area contributed by atoms with Crippen molar-refractivity contribution >= 4 is 37.6 Å². The molecule has 1 aromatic carbocycles. The number of sulfone groups is 1. The number of carbonyl (C=O) groups is 2. The molecule has 6 nitrogen and oxygen atoms in total. The number of carboxylic acid groups (broad SMARTS) is 1. The molecule has 2 N–H and O–H groups in total. The van der Waals surface area contributed by atoms with Crippen molar-refractivity contribution in [2.75, 3.05) is 0 Å². The third-order valence-corrected chi connectivity index (χ3v) is 6.29. The molecule has 21 heavy (non-hydrogen) atoms. The van der Waals surface area contributed by atoms with Crippen molar-refractivity contribution in [3.8, 4) is 0 Å². The van der Waals surface area contributed by atoms with Gasteiger partial charge in [-0.15, -0.1) is 0 Å². The average Bonchev–Trinajstić information content (AvgIpc) is 3.21. The van der Waals surface area contributed by atoms with Gasteiger partial charge in [-0.2, -0.15) is 0 Å². The minimum absolute atomic E-state index is 0.0592. The Morgan fingerprint density at radius 3 is 2.52 bits per heavy atom. The largest absolute Gasteiger partial charge is 0.478 e. The molecule has 0 heterocycles. The highest BCUT2D eigenvalue weighted by molar-refractivity contribution is 9.10. The first-order valence-corrected chi connectivity index (χ1v) is 8.64. The molecule has 8 heteroatoms. The van der Waals surface area contributed by atoms with Gasteiger partial charge in [0.05, 0.1) is 10.5 Å². The molecule has 1 aliphatic carbocycles. The number of carboxylic acids is 1. The van der Waals surface area contributed by atoms with Gasteiger partial charge in [0.15, 0.2) is 9.84 Å². The molecule has 1 unspecified atom stereocenters. The average molecular weight is 376 g/mol. The minimum atomic E-state index is -3.96. The van der Waals surface area contributed by atoms with Crippen LogP contribution in [0.1, 0.15) is 30.1 Å². The zero-order chi connectivity index (χ0) is 15.8. The van der Waals surface area contributed by atoms with Crippen LogP contribution in [0.4, 0.5) is 0 Å². The molecule has 0 spiro atoms. The highest BCUT2D eigenvalue weighted by atomic mass is 79.9. The molecule has 2 rings (SSSR count). The van der Waals surface area contributed by atoms with Crippen LogP contribution in [-0.2, 0) is 14.6 Å². The number of nitrogens with one attached hydrogen (secondary N) is 1. The molecule has 1 amide bonds. The maximum Gasteiger partial charge on any atom is 0.335 e. The fourth-order valence-electron chi connectivity index (χ4n) is 1.73. The Morgan fingerprint density at radius 2 is 2.00 bits per heavy atom. The minimum Gasteiger partial charge on any atom is -0.478 e. The van der Waals surface area contributed by atoms with E-state index in [2.05, 4.69) is 21.2 Å². The lowest BCUT2D eigenvalue weighted by Crippen LogP contribution is -2.39. The van der Waals surface area contributed by atoms with E-state index in [0.29, 0.717) is 0 Å². The lowest BCUT2D eigenvalue weighted by Gasteiger charge is -2.14. The van der Waals surface area contributed by atoms with Gasteiger partial charge >= 0.3 is 5.97 Å². The predicted octanol–water partition coefficient (Wildman–Crippen LogP) is 1.59. The number of hydrogen-bond donors (Lipinski definition) is 2. The van der Waals surface area contributed by atoms with Crippen molar-refractivity contribution in [2.24, 2.45) is 0 Å².